The van der Waals surface area contributed by atoms with Crippen molar-refractivity contribution >= 4 is 5.97 Å². The molecule has 1 heterocycles. The zero-order valence-electron chi connectivity index (χ0n) is 18.8. The molecule has 3 rings (SSSR count). The second kappa shape index (κ2) is 11.2. The Morgan fingerprint density at radius 3 is 2.44 bits per heavy atom. The lowest BCUT2D eigenvalue weighted by Gasteiger charge is -2.18. The third kappa shape index (κ3) is 6.87. The summed E-state index contributed by atoms with van der Waals surface area (Å²) in [7, 11) is 1.55. The largest absolute Gasteiger partial charge is 0.493 e. The first-order valence-electron chi connectivity index (χ1n) is 10.7. The van der Waals surface area contributed by atoms with Crippen molar-refractivity contribution in [2.75, 3.05) is 6.61 Å². The predicted octanol–water partition coefficient (Wildman–Crippen LogP) is 5.54. The van der Waals surface area contributed by atoms with Crippen LogP contribution in [0.1, 0.15) is 56.0 Å². The van der Waals surface area contributed by atoms with E-state index >= 15 is 0 Å². The molecule has 0 bridgehead atoms. The van der Waals surface area contributed by atoms with Gasteiger partial charge in [0.25, 0.3) is 0 Å². The third-order valence-corrected chi connectivity index (χ3v) is 5.34. The molecule has 1 aromatic heterocycles. The van der Waals surface area contributed by atoms with Gasteiger partial charge in [-0.1, -0.05) is 20.3 Å². The summed E-state index contributed by atoms with van der Waals surface area (Å²) in [4.78, 5) is 23.4. The number of hydrogen-bond acceptors (Lipinski definition) is 3. The molecule has 0 spiro atoms. The second-order valence-corrected chi connectivity index (χ2v) is 8.26. The molecule has 32 heavy (non-hydrogen) atoms. The normalized spacial score (nSPS) is 14.0. The molecule has 0 radical (unpaired) electrons. The van der Waals surface area contributed by atoms with Gasteiger partial charge < -0.3 is 14.4 Å². The Hall–Kier alpha value is -2.77. The van der Waals surface area contributed by atoms with Gasteiger partial charge in [0.2, 0.25) is 11.9 Å². The highest BCUT2D eigenvalue weighted by atomic mass is 19.3. The van der Waals surface area contributed by atoms with E-state index in [0.717, 1.165) is 24.7 Å². The van der Waals surface area contributed by atoms with Crippen LogP contribution in [0, 0.1) is 17.7 Å². The average Bonchev–Trinajstić information content (AvgIpc) is 3.54. The number of hydrogen-bond donors (Lipinski definition) is 1. The minimum absolute atomic E-state index is 0.0991. The Morgan fingerprint density at radius 2 is 1.91 bits per heavy atom. The zero-order chi connectivity index (χ0) is 24.0. The molecule has 1 saturated carbocycles. The number of alkyl halides is 2. The summed E-state index contributed by atoms with van der Waals surface area (Å²) >= 11 is 0. The topological polar surface area (TPSA) is 68.5 Å². The number of carbonyl (C=O) groups is 1. The van der Waals surface area contributed by atoms with Crippen molar-refractivity contribution in [3.63, 3.8) is 0 Å². The van der Waals surface area contributed by atoms with Crippen LogP contribution in [-0.2, 0) is 13.5 Å². The van der Waals surface area contributed by atoms with E-state index < -0.39 is 29.2 Å². The van der Waals surface area contributed by atoms with E-state index in [1.807, 2.05) is 6.07 Å². The summed E-state index contributed by atoms with van der Waals surface area (Å²) in [6.45, 7) is 5.72. The quantitative estimate of drug-likeness (QED) is 0.570. The molecule has 1 fully saturated rings. The van der Waals surface area contributed by atoms with Gasteiger partial charge in [-0.15, -0.1) is 0 Å². The molecule has 5 nitrogen and oxygen atoms in total. The molecular weight excluding hydrogens is 423 g/mol. The smallest absolute Gasteiger partial charge is 0.341 e. The number of aromatic carboxylic acids is 1. The number of aryl methyl sites for hydroxylation is 1. The molecule has 1 aliphatic carbocycles. The van der Waals surface area contributed by atoms with Crippen molar-refractivity contribution in [1.82, 2.24) is 4.57 Å². The molecule has 8 heteroatoms. The highest BCUT2D eigenvalue weighted by molar-refractivity contribution is 5.87. The number of halogens is 3. The number of carboxylic acids is 1. The van der Waals surface area contributed by atoms with Crippen LogP contribution in [0.25, 0.3) is 11.3 Å². The summed E-state index contributed by atoms with van der Waals surface area (Å²) < 4.78 is 42.8. The van der Waals surface area contributed by atoms with E-state index in [9.17, 15) is 22.8 Å². The Balaban J connectivity index is 0.000000837. The SMILES string of the molecule is CC(F)F.CCC(C)Cc1cc(OCC2CC2)ccc1-c1c(F)c(=O)c(C(=O)O)cn1C. The van der Waals surface area contributed by atoms with Crippen LogP contribution < -0.4 is 10.2 Å². The third-order valence-electron chi connectivity index (χ3n) is 5.34. The van der Waals surface area contributed by atoms with Crippen molar-refractivity contribution < 1.29 is 27.8 Å². The van der Waals surface area contributed by atoms with E-state index in [2.05, 4.69) is 13.8 Å². The maximum Gasteiger partial charge on any atom is 0.341 e. The summed E-state index contributed by atoms with van der Waals surface area (Å²) in [5, 5.41) is 9.13. The van der Waals surface area contributed by atoms with Crippen LogP contribution in [0.15, 0.2) is 29.2 Å². The number of benzene rings is 1. The highest BCUT2D eigenvalue weighted by Gasteiger charge is 2.24. The van der Waals surface area contributed by atoms with E-state index in [4.69, 9.17) is 9.84 Å². The van der Waals surface area contributed by atoms with Gasteiger partial charge in [0, 0.05) is 18.8 Å². The maximum absolute atomic E-state index is 14.9. The molecule has 1 unspecified atom stereocenters. The molecule has 0 saturated heterocycles. The van der Waals surface area contributed by atoms with E-state index in [1.54, 1.807) is 19.2 Å². The van der Waals surface area contributed by atoms with Gasteiger partial charge in [0.15, 0.2) is 5.82 Å². The fourth-order valence-electron chi connectivity index (χ4n) is 3.24. The molecule has 1 atom stereocenters. The lowest BCUT2D eigenvalue weighted by molar-refractivity contribution is 0.0693. The van der Waals surface area contributed by atoms with Crippen molar-refractivity contribution in [1.29, 1.82) is 0 Å². The monoisotopic (exact) mass is 453 g/mol. The van der Waals surface area contributed by atoms with Crippen LogP contribution in [-0.4, -0.2) is 28.7 Å². The standard InChI is InChI=1S/C22H26FNO4.C2H4F2/c1-4-13(2)9-15-10-16(28-12-14-5-6-14)7-8-17(15)20-19(23)21(25)18(22(26)27)11-24(20)3;1-2(3)4/h7-8,10-11,13-14H,4-6,9,12H2,1-3H3,(H,26,27);2H,1H3. The Labute approximate surface area is 185 Å². The van der Waals surface area contributed by atoms with Crippen molar-refractivity contribution in [2.24, 2.45) is 18.9 Å². The molecule has 1 N–H and O–H groups in total. The zero-order valence-corrected chi connectivity index (χ0v) is 18.8. The van der Waals surface area contributed by atoms with Crippen LogP contribution >= 0.6 is 0 Å². The minimum Gasteiger partial charge on any atom is -0.493 e. The molecule has 0 amide bonds. The number of ether oxygens (including phenoxy) is 1. The second-order valence-electron chi connectivity index (χ2n) is 8.26. The van der Waals surface area contributed by atoms with Crippen molar-refractivity contribution in [3.8, 4) is 17.0 Å². The van der Waals surface area contributed by atoms with Gasteiger partial charge in [-0.2, -0.15) is 0 Å². The first-order valence-corrected chi connectivity index (χ1v) is 10.7. The summed E-state index contributed by atoms with van der Waals surface area (Å²) in [5.74, 6) is -0.744. The number of pyridine rings is 1. The van der Waals surface area contributed by atoms with E-state index in [0.29, 0.717) is 30.4 Å². The first kappa shape index (κ1) is 25.5. The fraction of sp³-hybridized carbons (Fsp3) is 0.500. The summed E-state index contributed by atoms with van der Waals surface area (Å²) in [5.41, 5.74) is -0.0875. The maximum atomic E-state index is 14.9. The lowest BCUT2D eigenvalue weighted by atomic mass is 9.93. The van der Waals surface area contributed by atoms with Gasteiger partial charge >= 0.3 is 5.97 Å². The van der Waals surface area contributed by atoms with Gasteiger partial charge in [-0.3, -0.25) is 4.79 Å². The first-order chi connectivity index (χ1) is 15.0. The minimum atomic E-state index is -2.17. The highest BCUT2D eigenvalue weighted by Crippen LogP contribution is 2.33. The van der Waals surface area contributed by atoms with E-state index in [-0.39, 0.29) is 5.69 Å². The van der Waals surface area contributed by atoms with Gasteiger partial charge in [-0.05, 0) is 61.8 Å². The van der Waals surface area contributed by atoms with E-state index in [1.165, 1.54) is 23.6 Å². The molecule has 176 valence electrons. The number of nitrogens with zero attached hydrogens (tertiary/aromatic N) is 1. The summed E-state index contributed by atoms with van der Waals surface area (Å²) in [6, 6.07) is 5.46. The van der Waals surface area contributed by atoms with Crippen molar-refractivity contribution in [3.05, 3.63) is 51.6 Å². The van der Waals surface area contributed by atoms with Crippen molar-refractivity contribution in [2.45, 2.75) is 52.9 Å². The molecule has 1 aromatic carbocycles. The number of rotatable bonds is 8. The van der Waals surface area contributed by atoms with Crippen LogP contribution in [0.2, 0.25) is 0 Å². The number of aromatic nitrogens is 1. The van der Waals surface area contributed by atoms with Crippen LogP contribution in [0.3, 0.4) is 0 Å². The molecule has 0 aliphatic heterocycles. The fourth-order valence-corrected chi connectivity index (χ4v) is 3.24. The number of carboxylic acid groups (broad SMARTS) is 1. The van der Waals surface area contributed by atoms with Gasteiger partial charge in [0.1, 0.15) is 11.3 Å². The Morgan fingerprint density at radius 1 is 1.28 bits per heavy atom. The van der Waals surface area contributed by atoms with Gasteiger partial charge in [0.05, 0.1) is 12.3 Å². The Bertz CT molecular complexity index is 997. The Kier molecular flexibility index (Phi) is 8.92. The van der Waals surface area contributed by atoms with Gasteiger partial charge in [-0.25, -0.2) is 18.0 Å². The lowest BCUT2D eigenvalue weighted by Crippen LogP contribution is -2.22. The predicted molar refractivity (Wildman–Crippen MR) is 117 cm³/mol. The summed E-state index contributed by atoms with van der Waals surface area (Å²) in [6.07, 6.45) is 3.07. The molecular formula is C24H30F3NO4. The average molecular weight is 454 g/mol. The molecule has 1 aliphatic rings. The van der Waals surface area contributed by atoms with Crippen LogP contribution in [0.5, 0.6) is 5.75 Å². The molecule has 2 aromatic rings. The van der Waals surface area contributed by atoms with Crippen LogP contribution in [0.4, 0.5) is 13.2 Å².